The Labute approximate surface area is 223 Å². The quantitative estimate of drug-likeness (QED) is 0.0900. The van der Waals surface area contributed by atoms with Crippen LogP contribution < -0.4 is 10.9 Å². The summed E-state index contributed by atoms with van der Waals surface area (Å²) in [6, 6.07) is 14.6. The first kappa shape index (κ1) is 27.1. The van der Waals surface area contributed by atoms with Crippen LogP contribution in [0.25, 0.3) is 10.9 Å². The van der Waals surface area contributed by atoms with E-state index in [1.54, 1.807) is 48.7 Å². The summed E-state index contributed by atoms with van der Waals surface area (Å²) in [5.41, 5.74) is 1.41. The van der Waals surface area contributed by atoms with Gasteiger partial charge in [0.2, 0.25) is 0 Å². The lowest BCUT2D eigenvalue weighted by Crippen LogP contribution is -2.26. The molecule has 0 aliphatic carbocycles. The van der Waals surface area contributed by atoms with Crippen LogP contribution in [0.1, 0.15) is 41.9 Å². The van der Waals surface area contributed by atoms with Gasteiger partial charge < -0.3 is 14.5 Å². The molecule has 10 nitrogen and oxygen atoms in total. The van der Waals surface area contributed by atoms with Gasteiger partial charge in [-0.05, 0) is 56.2 Å². The summed E-state index contributed by atoms with van der Waals surface area (Å²) in [5.74, 6) is 0.785. The molecule has 0 atom stereocenters. The zero-order valence-corrected chi connectivity index (χ0v) is 21.9. The molecule has 0 aliphatic heterocycles. The Morgan fingerprint density at radius 1 is 1.21 bits per heavy atom. The number of benzene rings is 2. The SMILES string of the molecule is CC(C)OCCCNC(=O)c1ccc2c(=O)n(Cc3ccco3)c(SCc3ccc([N+](=O)[O-])cc3)nc2c1. The molecule has 11 heteroatoms. The summed E-state index contributed by atoms with van der Waals surface area (Å²) in [6.07, 6.45) is 2.37. The molecule has 198 valence electrons. The number of carbonyl (C=O) groups excluding carboxylic acids is 1. The van der Waals surface area contributed by atoms with Gasteiger partial charge in [-0.2, -0.15) is 0 Å². The molecule has 0 bridgehead atoms. The van der Waals surface area contributed by atoms with E-state index >= 15 is 0 Å². The lowest BCUT2D eigenvalue weighted by atomic mass is 10.1. The number of furan rings is 1. The minimum Gasteiger partial charge on any atom is -0.467 e. The standard InChI is InChI=1S/C27H28N4O6S/c1-18(2)36-14-4-12-28-25(32)20-8-11-23-24(15-20)29-27(30(26(23)33)16-22-5-3-13-37-22)38-17-19-6-9-21(10-7-19)31(34)35/h3,5-11,13,15,18H,4,12,14,16-17H2,1-2H3,(H,28,32). The molecule has 0 saturated heterocycles. The molecule has 0 aliphatic rings. The molecule has 0 spiro atoms. The zero-order chi connectivity index (χ0) is 27.1. The first-order valence-electron chi connectivity index (χ1n) is 12.1. The smallest absolute Gasteiger partial charge is 0.269 e. The van der Waals surface area contributed by atoms with E-state index in [4.69, 9.17) is 14.1 Å². The van der Waals surface area contributed by atoms with Crippen molar-refractivity contribution in [2.24, 2.45) is 0 Å². The van der Waals surface area contributed by atoms with E-state index in [-0.39, 0.29) is 29.8 Å². The number of thioether (sulfide) groups is 1. The van der Waals surface area contributed by atoms with Crippen molar-refractivity contribution < 1.29 is 18.9 Å². The van der Waals surface area contributed by atoms with Gasteiger partial charge in [-0.1, -0.05) is 23.9 Å². The topological polar surface area (TPSA) is 130 Å². The number of nitrogens with one attached hydrogen (secondary N) is 1. The first-order chi connectivity index (χ1) is 18.3. The highest BCUT2D eigenvalue weighted by molar-refractivity contribution is 7.98. The van der Waals surface area contributed by atoms with E-state index in [9.17, 15) is 19.7 Å². The number of carbonyl (C=O) groups is 1. The van der Waals surface area contributed by atoms with Crippen LogP contribution in [-0.2, 0) is 17.0 Å². The average molecular weight is 537 g/mol. The fraction of sp³-hybridized carbons (Fsp3) is 0.296. The zero-order valence-electron chi connectivity index (χ0n) is 21.1. The van der Waals surface area contributed by atoms with Gasteiger partial charge in [0.1, 0.15) is 5.76 Å². The first-order valence-corrected chi connectivity index (χ1v) is 13.1. The summed E-state index contributed by atoms with van der Waals surface area (Å²) < 4.78 is 12.5. The molecule has 4 rings (SSSR count). The number of hydrogen-bond acceptors (Lipinski definition) is 8. The molecule has 2 aromatic carbocycles. The van der Waals surface area contributed by atoms with Crippen LogP contribution in [0.15, 0.2) is 75.2 Å². The van der Waals surface area contributed by atoms with E-state index in [0.717, 1.165) is 5.56 Å². The van der Waals surface area contributed by atoms with Crippen LogP contribution in [0, 0.1) is 10.1 Å². The van der Waals surface area contributed by atoms with Crippen molar-refractivity contribution in [1.82, 2.24) is 14.9 Å². The Bertz CT molecular complexity index is 1470. The molecular weight excluding hydrogens is 508 g/mol. The molecule has 0 fully saturated rings. The highest BCUT2D eigenvalue weighted by atomic mass is 32.2. The lowest BCUT2D eigenvalue weighted by molar-refractivity contribution is -0.384. The number of rotatable bonds is 12. The normalized spacial score (nSPS) is 11.2. The predicted octanol–water partition coefficient (Wildman–Crippen LogP) is 4.78. The molecule has 2 heterocycles. The summed E-state index contributed by atoms with van der Waals surface area (Å²) >= 11 is 1.33. The third-order valence-corrected chi connectivity index (χ3v) is 6.70. The van der Waals surface area contributed by atoms with Crippen molar-refractivity contribution in [3.05, 3.63) is 98.2 Å². The van der Waals surface area contributed by atoms with Crippen molar-refractivity contribution in [3.63, 3.8) is 0 Å². The van der Waals surface area contributed by atoms with Crippen molar-refractivity contribution in [3.8, 4) is 0 Å². The van der Waals surface area contributed by atoms with E-state index < -0.39 is 4.92 Å². The van der Waals surface area contributed by atoms with Gasteiger partial charge >= 0.3 is 0 Å². The Kier molecular flexibility index (Phi) is 8.93. The predicted molar refractivity (Wildman–Crippen MR) is 145 cm³/mol. The molecule has 0 saturated carbocycles. The molecule has 2 aromatic heterocycles. The number of ether oxygens (including phenoxy) is 1. The number of hydrogen-bond donors (Lipinski definition) is 1. The molecule has 0 unspecified atom stereocenters. The van der Waals surface area contributed by atoms with E-state index in [1.165, 1.54) is 28.5 Å². The van der Waals surface area contributed by atoms with Crippen molar-refractivity contribution >= 4 is 34.3 Å². The van der Waals surface area contributed by atoms with Crippen LogP contribution >= 0.6 is 11.8 Å². The lowest BCUT2D eigenvalue weighted by Gasteiger charge is -2.13. The third-order valence-electron chi connectivity index (χ3n) is 5.65. The Balaban J connectivity index is 1.58. The van der Waals surface area contributed by atoms with Gasteiger partial charge in [-0.3, -0.25) is 24.3 Å². The largest absolute Gasteiger partial charge is 0.467 e. The third kappa shape index (κ3) is 6.87. The van der Waals surface area contributed by atoms with Crippen molar-refractivity contribution in [1.29, 1.82) is 0 Å². The summed E-state index contributed by atoms with van der Waals surface area (Å²) in [5, 5.41) is 14.6. The van der Waals surface area contributed by atoms with Crippen LogP contribution in [0.5, 0.6) is 0 Å². The number of non-ortho nitro benzene ring substituents is 1. The van der Waals surface area contributed by atoms with Gasteiger partial charge in [-0.25, -0.2) is 4.98 Å². The summed E-state index contributed by atoms with van der Waals surface area (Å²) in [6.45, 7) is 5.14. The van der Waals surface area contributed by atoms with Gasteiger partial charge in [0.25, 0.3) is 17.2 Å². The van der Waals surface area contributed by atoms with Crippen LogP contribution in [0.2, 0.25) is 0 Å². The van der Waals surface area contributed by atoms with Crippen LogP contribution in [0.4, 0.5) is 5.69 Å². The average Bonchev–Trinajstić information content (AvgIpc) is 3.42. The fourth-order valence-corrected chi connectivity index (χ4v) is 4.66. The monoisotopic (exact) mass is 536 g/mol. The molecule has 1 amide bonds. The number of nitrogens with zero attached hydrogens (tertiary/aromatic N) is 3. The summed E-state index contributed by atoms with van der Waals surface area (Å²) in [7, 11) is 0. The van der Waals surface area contributed by atoms with E-state index in [1.807, 2.05) is 13.8 Å². The second-order valence-electron chi connectivity index (χ2n) is 8.84. The molecule has 4 aromatic rings. The van der Waals surface area contributed by atoms with Gasteiger partial charge in [0.15, 0.2) is 5.16 Å². The van der Waals surface area contributed by atoms with Gasteiger partial charge in [0, 0.05) is 36.6 Å². The van der Waals surface area contributed by atoms with Crippen LogP contribution in [-0.4, -0.2) is 39.6 Å². The van der Waals surface area contributed by atoms with Crippen molar-refractivity contribution in [2.75, 3.05) is 13.2 Å². The number of amides is 1. The number of aromatic nitrogens is 2. The van der Waals surface area contributed by atoms with E-state index in [0.29, 0.717) is 52.7 Å². The molecular formula is C27H28N4O6S. The summed E-state index contributed by atoms with van der Waals surface area (Å²) in [4.78, 5) is 41.4. The Hall–Kier alpha value is -3.96. The Morgan fingerprint density at radius 2 is 2.00 bits per heavy atom. The Morgan fingerprint density at radius 3 is 2.68 bits per heavy atom. The maximum absolute atomic E-state index is 13.5. The number of nitro groups is 1. The maximum atomic E-state index is 13.5. The highest BCUT2D eigenvalue weighted by Crippen LogP contribution is 2.24. The molecule has 0 radical (unpaired) electrons. The second-order valence-corrected chi connectivity index (χ2v) is 9.78. The molecule has 38 heavy (non-hydrogen) atoms. The maximum Gasteiger partial charge on any atom is 0.269 e. The number of fused-ring (bicyclic) bond motifs is 1. The fourth-order valence-electron chi connectivity index (χ4n) is 3.71. The minimum atomic E-state index is -0.448. The minimum absolute atomic E-state index is 0.00978. The van der Waals surface area contributed by atoms with Crippen LogP contribution in [0.3, 0.4) is 0 Å². The highest BCUT2D eigenvalue weighted by Gasteiger charge is 2.16. The van der Waals surface area contributed by atoms with Crippen molar-refractivity contribution in [2.45, 2.75) is 43.8 Å². The van der Waals surface area contributed by atoms with Gasteiger partial charge in [-0.15, -0.1) is 0 Å². The van der Waals surface area contributed by atoms with E-state index in [2.05, 4.69) is 5.32 Å². The number of nitro benzene ring substituents is 1. The second kappa shape index (κ2) is 12.5. The van der Waals surface area contributed by atoms with Gasteiger partial charge in [0.05, 0.1) is 34.7 Å². The molecule has 1 N–H and O–H groups in total.